The summed E-state index contributed by atoms with van der Waals surface area (Å²) in [5.74, 6) is -0.954. The molecule has 2 aromatic rings. The number of para-hydroxylation sites is 1. The molecule has 0 aliphatic carbocycles. The third kappa shape index (κ3) is 3.30. The van der Waals surface area contributed by atoms with Gasteiger partial charge in [0.15, 0.2) is 0 Å². The lowest BCUT2D eigenvalue weighted by Gasteiger charge is -2.32. The highest BCUT2D eigenvalue weighted by atomic mass is 19.1. The lowest BCUT2D eigenvalue weighted by atomic mass is 9.77. The first kappa shape index (κ1) is 19.9. The molecule has 4 rings (SSSR count). The first-order chi connectivity index (χ1) is 13.6. The summed E-state index contributed by atoms with van der Waals surface area (Å²) in [6.07, 6.45) is 0.360. The molecular weight excluding hydrogens is 377 g/mol. The second-order valence-electron chi connectivity index (χ2n) is 8.37. The fourth-order valence-electron chi connectivity index (χ4n) is 3.57. The van der Waals surface area contributed by atoms with Gasteiger partial charge in [-0.15, -0.1) is 0 Å². The fraction of sp³-hybridized carbons (Fsp3) is 0.381. The predicted octanol–water partition coefficient (Wildman–Crippen LogP) is 3.86. The van der Waals surface area contributed by atoms with Crippen LogP contribution >= 0.6 is 0 Å². The van der Waals surface area contributed by atoms with Crippen LogP contribution in [-0.4, -0.2) is 30.9 Å². The topological polar surface area (TPSA) is 50.8 Å². The summed E-state index contributed by atoms with van der Waals surface area (Å²) in [6, 6.07) is 8.70. The number of nitrogens with zero attached hydrogens (tertiary/aromatic N) is 1. The molecule has 152 valence electrons. The minimum Gasteiger partial charge on any atom is -0.399 e. The van der Waals surface area contributed by atoms with E-state index < -0.39 is 36.0 Å². The van der Waals surface area contributed by atoms with Gasteiger partial charge in [-0.3, -0.25) is 4.90 Å². The van der Waals surface area contributed by atoms with Crippen molar-refractivity contribution in [1.82, 2.24) is 0 Å². The maximum Gasteiger partial charge on any atom is 0.497 e. The van der Waals surface area contributed by atoms with Crippen molar-refractivity contribution >= 4 is 30.0 Å². The normalized spacial score (nSPS) is 19.4. The second kappa shape index (κ2) is 6.81. The summed E-state index contributed by atoms with van der Waals surface area (Å²) in [5.41, 5.74) is 0.153. The van der Waals surface area contributed by atoms with E-state index in [1.807, 2.05) is 27.7 Å². The van der Waals surface area contributed by atoms with E-state index in [4.69, 9.17) is 9.31 Å². The third-order valence-electron chi connectivity index (χ3n) is 5.99. The number of hydrogen-bond donors (Lipinski definition) is 1. The van der Waals surface area contributed by atoms with E-state index in [9.17, 15) is 9.18 Å². The Morgan fingerprint density at radius 2 is 1.72 bits per heavy atom. The van der Waals surface area contributed by atoms with Crippen molar-refractivity contribution in [2.24, 2.45) is 0 Å². The molecule has 1 saturated heterocycles. The summed E-state index contributed by atoms with van der Waals surface area (Å²) in [5, 5.41) is 2.54. The van der Waals surface area contributed by atoms with Crippen molar-refractivity contribution in [3.05, 3.63) is 53.6 Å². The van der Waals surface area contributed by atoms with Crippen LogP contribution in [0.2, 0.25) is 0 Å². The molecule has 1 N–H and O–H groups in total. The highest BCUT2D eigenvalue weighted by Gasteiger charge is 2.52. The van der Waals surface area contributed by atoms with Gasteiger partial charge in [0.05, 0.1) is 22.6 Å². The molecular formula is C21H23BF2N2O3. The Balaban J connectivity index is 1.58. The van der Waals surface area contributed by atoms with Crippen molar-refractivity contribution in [3.63, 3.8) is 0 Å². The molecule has 5 nitrogen and oxygen atoms in total. The van der Waals surface area contributed by atoms with Gasteiger partial charge in [-0.1, -0.05) is 18.2 Å². The third-order valence-corrected chi connectivity index (χ3v) is 5.99. The molecule has 29 heavy (non-hydrogen) atoms. The van der Waals surface area contributed by atoms with E-state index in [2.05, 4.69) is 5.32 Å². The number of urea groups is 1. The predicted molar refractivity (Wildman–Crippen MR) is 109 cm³/mol. The first-order valence-electron chi connectivity index (χ1n) is 9.61. The second-order valence-corrected chi connectivity index (χ2v) is 8.37. The van der Waals surface area contributed by atoms with Gasteiger partial charge in [0.25, 0.3) is 0 Å². The Kier molecular flexibility index (Phi) is 4.66. The van der Waals surface area contributed by atoms with Crippen LogP contribution in [0.3, 0.4) is 0 Å². The highest BCUT2D eigenvalue weighted by molar-refractivity contribution is 6.62. The van der Waals surface area contributed by atoms with Gasteiger partial charge in [-0.25, -0.2) is 13.6 Å². The van der Waals surface area contributed by atoms with Gasteiger partial charge in [-0.2, -0.15) is 0 Å². The maximum absolute atomic E-state index is 15.3. The van der Waals surface area contributed by atoms with Crippen LogP contribution in [0.25, 0.3) is 0 Å². The van der Waals surface area contributed by atoms with Gasteiger partial charge in [0.1, 0.15) is 11.6 Å². The van der Waals surface area contributed by atoms with Crippen LogP contribution in [-0.2, 0) is 15.7 Å². The van der Waals surface area contributed by atoms with E-state index in [1.165, 1.54) is 17.0 Å². The lowest BCUT2D eigenvalue weighted by molar-refractivity contribution is 0.00578. The monoisotopic (exact) mass is 400 g/mol. The van der Waals surface area contributed by atoms with Crippen LogP contribution in [0, 0.1) is 11.6 Å². The Bertz CT molecular complexity index is 964. The minimum atomic E-state index is -0.813. The quantitative estimate of drug-likeness (QED) is 0.780. The molecule has 1 fully saturated rings. The van der Waals surface area contributed by atoms with Crippen molar-refractivity contribution in [3.8, 4) is 0 Å². The van der Waals surface area contributed by atoms with Gasteiger partial charge < -0.3 is 14.6 Å². The Hall–Kier alpha value is -2.45. The molecule has 0 radical (unpaired) electrons. The first-order valence-corrected chi connectivity index (χ1v) is 9.61. The van der Waals surface area contributed by atoms with Gasteiger partial charge in [-0.05, 0) is 52.3 Å². The van der Waals surface area contributed by atoms with Gasteiger partial charge in [0.2, 0.25) is 0 Å². The number of rotatable bonds is 2. The maximum atomic E-state index is 15.3. The van der Waals surface area contributed by atoms with E-state index in [0.717, 1.165) is 0 Å². The summed E-state index contributed by atoms with van der Waals surface area (Å²) in [4.78, 5) is 14.0. The fourth-order valence-corrected chi connectivity index (χ4v) is 3.57. The van der Waals surface area contributed by atoms with Crippen molar-refractivity contribution in [1.29, 1.82) is 0 Å². The number of carbonyl (C=O) groups is 1. The molecule has 8 heteroatoms. The standard InChI is InChI=1S/C21H23BF2N2O3/c1-20(2)21(3,4)29-22(28-20)14-9-10-17-13(18(14)24)11-12-26(17)19(27)25-16-8-6-5-7-15(16)23/h5-10H,11-12H2,1-4H3,(H,25,27). The van der Waals surface area contributed by atoms with Crippen molar-refractivity contribution < 1.29 is 22.9 Å². The number of benzene rings is 2. The molecule has 2 aliphatic heterocycles. The van der Waals surface area contributed by atoms with Gasteiger partial charge in [0, 0.05) is 17.6 Å². The van der Waals surface area contributed by atoms with Crippen LogP contribution in [0.15, 0.2) is 36.4 Å². The molecule has 0 spiro atoms. The molecule has 0 unspecified atom stereocenters. The summed E-state index contributed by atoms with van der Waals surface area (Å²) in [6.45, 7) is 7.94. The summed E-state index contributed by atoms with van der Waals surface area (Å²) < 4.78 is 41.0. The van der Waals surface area contributed by atoms with Crippen LogP contribution in [0.1, 0.15) is 33.3 Å². The molecule has 2 aromatic carbocycles. The van der Waals surface area contributed by atoms with E-state index in [-0.39, 0.29) is 5.69 Å². The molecule has 0 aromatic heterocycles. The molecule has 2 heterocycles. The number of fused-ring (bicyclic) bond motifs is 1. The van der Waals surface area contributed by atoms with Gasteiger partial charge >= 0.3 is 13.1 Å². The van der Waals surface area contributed by atoms with E-state index >= 15 is 4.39 Å². The average molecular weight is 400 g/mol. The molecule has 0 saturated carbocycles. The zero-order valence-electron chi connectivity index (χ0n) is 16.9. The highest BCUT2D eigenvalue weighted by Crippen LogP contribution is 2.38. The smallest absolute Gasteiger partial charge is 0.399 e. The van der Waals surface area contributed by atoms with E-state index in [0.29, 0.717) is 29.7 Å². The Morgan fingerprint density at radius 1 is 1.07 bits per heavy atom. The van der Waals surface area contributed by atoms with Crippen molar-refractivity contribution in [2.45, 2.75) is 45.3 Å². The van der Waals surface area contributed by atoms with Crippen LogP contribution in [0.5, 0.6) is 0 Å². The number of hydrogen-bond acceptors (Lipinski definition) is 3. The Morgan fingerprint density at radius 3 is 2.38 bits per heavy atom. The van der Waals surface area contributed by atoms with Crippen LogP contribution in [0.4, 0.5) is 25.0 Å². The summed E-state index contributed by atoms with van der Waals surface area (Å²) in [7, 11) is -0.813. The minimum absolute atomic E-state index is 0.0836. The zero-order valence-corrected chi connectivity index (χ0v) is 16.9. The molecule has 2 amide bonds. The SMILES string of the molecule is CC1(C)OB(c2ccc3c(c2F)CCN3C(=O)Nc2ccccc2F)OC1(C)C. The zero-order chi connectivity index (χ0) is 21.0. The number of amides is 2. The lowest BCUT2D eigenvalue weighted by Crippen LogP contribution is -2.41. The Labute approximate surface area is 169 Å². The summed E-state index contributed by atoms with van der Waals surface area (Å²) >= 11 is 0. The number of halogens is 2. The van der Waals surface area contributed by atoms with E-state index in [1.54, 1.807) is 24.3 Å². The van der Waals surface area contributed by atoms with Crippen molar-refractivity contribution in [2.75, 3.05) is 16.8 Å². The van der Waals surface area contributed by atoms with Crippen LogP contribution < -0.4 is 15.7 Å². The largest absolute Gasteiger partial charge is 0.497 e. The number of carbonyl (C=O) groups excluding carboxylic acids is 1. The molecule has 2 aliphatic rings. The number of nitrogens with one attached hydrogen (secondary N) is 1. The molecule has 0 atom stereocenters. The number of anilines is 2. The molecule has 0 bridgehead atoms. The average Bonchev–Trinajstić information content (AvgIpc) is 3.16.